The van der Waals surface area contributed by atoms with Gasteiger partial charge in [-0.25, -0.2) is 0 Å². The Kier molecular flexibility index (Phi) is 7.51. The first-order chi connectivity index (χ1) is 5.72. The number of rotatable bonds is 7. The number of nitrogens with one attached hydrogen (secondary N) is 1. The topological polar surface area (TPSA) is 21.3 Å². The summed E-state index contributed by atoms with van der Waals surface area (Å²) in [5.41, 5.74) is 0. The van der Waals surface area contributed by atoms with Gasteiger partial charge in [0.1, 0.15) is 0 Å². The van der Waals surface area contributed by atoms with Crippen LogP contribution in [0.1, 0.15) is 34.1 Å². The van der Waals surface area contributed by atoms with E-state index in [4.69, 9.17) is 4.74 Å². The molecule has 0 aliphatic rings. The molecule has 0 unspecified atom stereocenters. The highest BCUT2D eigenvalue weighted by atomic mass is 16.5. The van der Waals surface area contributed by atoms with E-state index in [0.717, 1.165) is 25.7 Å². The zero-order valence-electron chi connectivity index (χ0n) is 8.89. The Labute approximate surface area is 76.7 Å². The van der Waals surface area contributed by atoms with Crippen LogP contribution in [0.25, 0.3) is 0 Å². The van der Waals surface area contributed by atoms with E-state index >= 15 is 0 Å². The molecule has 74 valence electrons. The van der Waals surface area contributed by atoms with Crippen LogP contribution < -0.4 is 5.32 Å². The molecule has 0 amide bonds. The van der Waals surface area contributed by atoms with Crippen LogP contribution in [0, 0.1) is 5.92 Å². The summed E-state index contributed by atoms with van der Waals surface area (Å²) in [6, 6.07) is 0.607. The maximum atomic E-state index is 5.23. The monoisotopic (exact) mass is 173 g/mol. The van der Waals surface area contributed by atoms with Gasteiger partial charge in [-0.3, -0.25) is 0 Å². The minimum atomic E-state index is 0.607. The van der Waals surface area contributed by atoms with Crippen molar-refractivity contribution < 1.29 is 4.74 Å². The van der Waals surface area contributed by atoms with Gasteiger partial charge in [0.25, 0.3) is 0 Å². The van der Waals surface area contributed by atoms with Gasteiger partial charge in [-0.15, -0.1) is 0 Å². The zero-order chi connectivity index (χ0) is 9.40. The molecule has 2 heteroatoms. The van der Waals surface area contributed by atoms with E-state index in [2.05, 4.69) is 26.1 Å². The molecule has 0 rings (SSSR count). The van der Waals surface area contributed by atoms with E-state index in [1.165, 1.54) is 6.42 Å². The summed E-state index contributed by atoms with van der Waals surface area (Å²) in [6.07, 6.45) is 1.24. The summed E-state index contributed by atoms with van der Waals surface area (Å²) in [5, 5.41) is 3.44. The molecule has 0 spiro atoms. The molecule has 0 fully saturated rings. The SMILES string of the molecule is CCOCCN[C@@H](C)[C@H](C)CC. The Bertz CT molecular complexity index is 95.8. The maximum absolute atomic E-state index is 5.23. The lowest BCUT2D eigenvalue weighted by atomic mass is 10.0. The standard InChI is InChI=1S/C10H23NO/c1-5-9(3)10(4)11-7-8-12-6-2/h9-11H,5-8H2,1-4H3/t9-,10+/m1/s1. The Morgan fingerprint density at radius 2 is 1.92 bits per heavy atom. The first kappa shape index (κ1) is 11.9. The lowest BCUT2D eigenvalue weighted by molar-refractivity contribution is 0.145. The first-order valence-electron chi connectivity index (χ1n) is 5.03. The van der Waals surface area contributed by atoms with Gasteiger partial charge in [-0.2, -0.15) is 0 Å². The Morgan fingerprint density at radius 1 is 1.25 bits per heavy atom. The molecule has 1 N–H and O–H groups in total. The second-order valence-corrected chi connectivity index (χ2v) is 3.33. The molecule has 0 saturated carbocycles. The van der Waals surface area contributed by atoms with E-state index < -0.39 is 0 Å². The third-order valence-electron chi connectivity index (χ3n) is 2.41. The van der Waals surface area contributed by atoms with Crippen molar-refractivity contribution >= 4 is 0 Å². The molecule has 12 heavy (non-hydrogen) atoms. The normalized spacial score (nSPS) is 16.0. The Balaban J connectivity index is 3.24. The molecule has 0 aromatic rings. The first-order valence-corrected chi connectivity index (χ1v) is 5.03. The Hall–Kier alpha value is -0.0800. The minimum Gasteiger partial charge on any atom is -0.380 e. The highest BCUT2D eigenvalue weighted by molar-refractivity contribution is 4.66. The van der Waals surface area contributed by atoms with Gasteiger partial charge >= 0.3 is 0 Å². The van der Waals surface area contributed by atoms with Crippen molar-refractivity contribution in [3.8, 4) is 0 Å². The average molecular weight is 173 g/mol. The van der Waals surface area contributed by atoms with Gasteiger partial charge in [0.15, 0.2) is 0 Å². The van der Waals surface area contributed by atoms with Crippen molar-refractivity contribution in [3.05, 3.63) is 0 Å². The molecule has 0 bridgehead atoms. The summed E-state index contributed by atoms with van der Waals surface area (Å²) < 4.78 is 5.23. The summed E-state index contributed by atoms with van der Waals surface area (Å²) in [5.74, 6) is 0.756. The quantitative estimate of drug-likeness (QED) is 0.595. The van der Waals surface area contributed by atoms with Crippen LogP contribution >= 0.6 is 0 Å². The summed E-state index contributed by atoms with van der Waals surface area (Å²) in [7, 11) is 0. The van der Waals surface area contributed by atoms with Crippen LogP contribution in [0.15, 0.2) is 0 Å². The van der Waals surface area contributed by atoms with Crippen molar-refractivity contribution in [1.82, 2.24) is 5.32 Å². The van der Waals surface area contributed by atoms with E-state index in [9.17, 15) is 0 Å². The zero-order valence-corrected chi connectivity index (χ0v) is 8.89. The summed E-state index contributed by atoms with van der Waals surface area (Å²) in [6.45, 7) is 11.4. The molecular formula is C10H23NO. The maximum Gasteiger partial charge on any atom is 0.0590 e. The van der Waals surface area contributed by atoms with Crippen LogP contribution in [0.4, 0.5) is 0 Å². The fourth-order valence-corrected chi connectivity index (χ4v) is 1.06. The van der Waals surface area contributed by atoms with Crippen molar-refractivity contribution in [3.63, 3.8) is 0 Å². The predicted molar refractivity (Wildman–Crippen MR) is 53.4 cm³/mol. The number of hydrogen-bond donors (Lipinski definition) is 1. The molecule has 0 aliphatic heterocycles. The summed E-state index contributed by atoms with van der Waals surface area (Å²) in [4.78, 5) is 0. The van der Waals surface area contributed by atoms with Crippen LogP contribution in [0.2, 0.25) is 0 Å². The van der Waals surface area contributed by atoms with Crippen LogP contribution in [0.3, 0.4) is 0 Å². The van der Waals surface area contributed by atoms with Crippen molar-refractivity contribution in [1.29, 1.82) is 0 Å². The van der Waals surface area contributed by atoms with Gasteiger partial charge < -0.3 is 10.1 Å². The van der Waals surface area contributed by atoms with E-state index in [0.29, 0.717) is 6.04 Å². The Morgan fingerprint density at radius 3 is 2.42 bits per heavy atom. The second kappa shape index (κ2) is 7.56. The molecule has 0 radical (unpaired) electrons. The molecule has 2 atom stereocenters. The second-order valence-electron chi connectivity index (χ2n) is 3.33. The largest absolute Gasteiger partial charge is 0.380 e. The smallest absolute Gasteiger partial charge is 0.0590 e. The average Bonchev–Trinajstić information content (AvgIpc) is 2.10. The third kappa shape index (κ3) is 5.56. The fourth-order valence-electron chi connectivity index (χ4n) is 1.06. The predicted octanol–water partition coefficient (Wildman–Crippen LogP) is 2.05. The van der Waals surface area contributed by atoms with Gasteiger partial charge in [0, 0.05) is 19.2 Å². The molecule has 0 aliphatic carbocycles. The molecule has 0 aromatic heterocycles. The van der Waals surface area contributed by atoms with Crippen LogP contribution in [0.5, 0.6) is 0 Å². The highest BCUT2D eigenvalue weighted by Gasteiger charge is 2.07. The lowest BCUT2D eigenvalue weighted by Gasteiger charge is -2.19. The van der Waals surface area contributed by atoms with Gasteiger partial charge in [0.2, 0.25) is 0 Å². The third-order valence-corrected chi connectivity index (χ3v) is 2.41. The van der Waals surface area contributed by atoms with Crippen molar-refractivity contribution in [2.24, 2.45) is 5.92 Å². The minimum absolute atomic E-state index is 0.607. The molecule has 0 heterocycles. The van der Waals surface area contributed by atoms with E-state index in [1.54, 1.807) is 0 Å². The van der Waals surface area contributed by atoms with E-state index in [1.807, 2.05) is 6.92 Å². The van der Waals surface area contributed by atoms with Crippen LogP contribution in [-0.4, -0.2) is 25.8 Å². The van der Waals surface area contributed by atoms with Crippen LogP contribution in [-0.2, 0) is 4.74 Å². The highest BCUT2D eigenvalue weighted by Crippen LogP contribution is 2.05. The lowest BCUT2D eigenvalue weighted by Crippen LogP contribution is -2.34. The van der Waals surface area contributed by atoms with Gasteiger partial charge in [0.05, 0.1) is 6.61 Å². The van der Waals surface area contributed by atoms with E-state index in [-0.39, 0.29) is 0 Å². The number of hydrogen-bond acceptors (Lipinski definition) is 2. The van der Waals surface area contributed by atoms with Gasteiger partial charge in [-0.1, -0.05) is 20.3 Å². The molecule has 0 saturated heterocycles. The van der Waals surface area contributed by atoms with Crippen molar-refractivity contribution in [2.45, 2.75) is 40.2 Å². The summed E-state index contributed by atoms with van der Waals surface area (Å²) >= 11 is 0. The molecular weight excluding hydrogens is 150 g/mol. The number of ether oxygens (including phenoxy) is 1. The van der Waals surface area contributed by atoms with Crippen molar-refractivity contribution in [2.75, 3.05) is 19.8 Å². The molecule has 0 aromatic carbocycles. The molecule has 2 nitrogen and oxygen atoms in total. The fraction of sp³-hybridized carbons (Fsp3) is 1.00. The van der Waals surface area contributed by atoms with Gasteiger partial charge in [-0.05, 0) is 19.8 Å².